The van der Waals surface area contributed by atoms with Gasteiger partial charge in [-0.1, -0.05) is 103 Å². The third-order valence-corrected chi connectivity index (χ3v) is 10.1. The molecule has 0 saturated carbocycles. The summed E-state index contributed by atoms with van der Waals surface area (Å²) in [5.74, 6) is -0.636. The quantitative estimate of drug-likeness (QED) is 0.0858. The molecule has 0 aliphatic heterocycles. The van der Waals surface area contributed by atoms with Crippen LogP contribution in [0.2, 0.25) is 0 Å². The highest BCUT2D eigenvalue weighted by Gasteiger charge is 2.24. The first-order valence-corrected chi connectivity index (χ1v) is 18.2. The number of methoxy groups -OCH3 is 1. The number of para-hydroxylation sites is 1. The number of hydrogen-bond donors (Lipinski definition) is 3. The molecule has 0 aliphatic carbocycles. The van der Waals surface area contributed by atoms with Crippen molar-refractivity contribution < 1.29 is 19.1 Å². The molecule has 52 heavy (non-hydrogen) atoms. The number of amides is 3. The minimum Gasteiger partial charge on any atom is -0.496 e. The Balaban J connectivity index is 1.23. The van der Waals surface area contributed by atoms with E-state index in [4.69, 9.17) is 9.72 Å². The molecule has 6 aromatic rings. The first-order valence-electron chi connectivity index (χ1n) is 16.5. The minimum absolute atomic E-state index is 0.0293. The highest BCUT2D eigenvalue weighted by Crippen LogP contribution is 2.38. The van der Waals surface area contributed by atoms with Crippen LogP contribution in [0.1, 0.15) is 37.2 Å². The Morgan fingerprint density at radius 2 is 1.48 bits per heavy atom. The van der Waals surface area contributed by atoms with E-state index in [0.29, 0.717) is 27.7 Å². The molecule has 1 atom stereocenters. The summed E-state index contributed by atoms with van der Waals surface area (Å²) in [6, 6.07) is 40.8. The van der Waals surface area contributed by atoms with E-state index in [-0.39, 0.29) is 11.6 Å². The van der Waals surface area contributed by atoms with Crippen LogP contribution in [0, 0.1) is 13.8 Å². The molecular formula is C42H36N4O4S2. The van der Waals surface area contributed by atoms with Gasteiger partial charge in [0.15, 0.2) is 5.13 Å². The van der Waals surface area contributed by atoms with Gasteiger partial charge in [-0.2, -0.15) is 0 Å². The topological polar surface area (TPSA) is 109 Å². The fourth-order valence-electron chi connectivity index (χ4n) is 5.37. The predicted molar refractivity (Wildman–Crippen MR) is 211 cm³/mol. The van der Waals surface area contributed by atoms with E-state index in [9.17, 15) is 14.4 Å². The van der Waals surface area contributed by atoms with Gasteiger partial charge in [-0.15, -0.1) is 23.1 Å². The lowest BCUT2D eigenvalue weighted by Crippen LogP contribution is -2.30. The lowest BCUT2D eigenvalue weighted by Gasteiger charge is -2.17. The smallest absolute Gasteiger partial charge is 0.272 e. The molecule has 1 heterocycles. The maximum absolute atomic E-state index is 13.9. The molecule has 0 aliphatic rings. The van der Waals surface area contributed by atoms with Crippen LogP contribution in [0.25, 0.3) is 17.3 Å². The molecular weight excluding hydrogens is 689 g/mol. The number of ether oxygens (including phenoxy) is 1. The molecule has 5 aromatic carbocycles. The van der Waals surface area contributed by atoms with Gasteiger partial charge in [0, 0.05) is 32.2 Å². The van der Waals surface area contributed by atoms with Crippen LogP contribution in [-0.2, 0) is 9.59 Å². The summed E-state index contributed by atoms with van der Waals surface area (Å²) in [7, 11) is 1.54. The van der Waals surface area contributed by atoms with Crippen LogP contribution in [0.3, 0.4) is 0 Å². The van der Waals surface area contributed by atoms with Gasteiger partial charge in [0.1, 0.15) is 16.7 Å². The summed E-state index contributed by atoms with van der Waals surface area (Å²) >= 11 is 2.79. The molecule has 260 valence electrons. The molecule has 0 fully saturated rings. The van der Waals surface area contributed by atoms with Crippen LogP contribution >= 0.6 is 23.1 Å². The van der Waals surface area contributed by atoms with Crippen molar-refractivity contribution in [3.05, 3.63) is 166 Å². The molecule has 6 rings (SSSR count). The normalized spacial score (nSPS) is 11.7. The van der Waals surface area contributed by atoms with Crippen LogP contribution in [0.15, 0.2) is 144 Å². The standard InChI is InChI=1S/C42H36N4O4S2/c1-27-21-23-29(24-22-27)37-28(2)51-42(45-37)46-41(49)38(30-13-6-4-7-14-30)52-34-19-12-18-33(26-34)43-40(48)35(25-32-17-10-11-20-36(32)50-3)44-39(47)31-15-8-5-9-16-31/h4-26,38H,1-3H3,(H,43,48)(H,44,47)(H,45,46,49)/b35-25+. The van der Waals surface area contributed by atoms with Gasteiger partial charge in [-0.25, -0.2) is 4.98 Å². The first kappa shape index (κ1) is 35.8. The van der Waals surface area contributed by atoms with E-state index < -0.39 is 17.1 Å². The molecule has 3 N–H and O–H groups in total. The van der Waals surface area contributed by atoms with Gasteiger partial charge in [-0.05, 0) is 61.9 Å². The van der Waals surface area contributed by atoms with E-state index in [1.807, 2.05) is 98.8 Å². The molecule has 10 heteroatoms. The van der Waals surface area contributed by atoms with Crippen molar-refractivity contribution in [2.24, 2.45) is 0 Å². The number of thiazole rings is 1. The van der Waals surface area contributed by atoms with Crippen LogP contribution in [0.5, 0.6) is 5.75 Å². The predicted octanol–water partition coefficient (Wildman–Crippen LogP) is 9.32. The van der Waals surface area contributed by atoms with Gasteiger partial charge in [-0.3, -0.25) is 14.4 Å². The average molecular weight is 725 g/mol. The Bertz CT molecular complexity index is 2220. The Morgan fingerprint density at radius 1 is 0.788 bits per heavy atom. The van der Waals surface area contributed by atoms with Crippen LogP contribution in [0.4, 0.5) is 10.8 Å². The van der Waals surface area contributed by atoms with Gasteiger partial charge >= 0.3 is 0 Å². The van der Waals surface area contributed by atoms with Crippen molar-refractivity contribution in [1.82, 2.24) is 10.3 Å². The lowest BCUT2D eigenvalue weighted by molar-refractivity contribution is -0.116. The number of benzene rings is 5. The van der Waals surface area contributed by atoms with Crippen molar-refractivity contribution >= 4 is 57.7 Å². The summed E-state index contributed by atoms with van der Waals surface area (Å²) in [5.41, 5.74) is 5.35. The lowest BCUT2D eigenvalue weighted by atomic mass is 10.1. The SMILES string of the molecule is COc1ccccc1/C=C(/NC(=O)c1ccccc1)C(=O)Nc1cccc(SC(C(=O)Nc2nc(-c3ccc(C)cc3)c(C)s2)c2ccccc2)c1. The molecule has 0 spiro atoms. The fourth-order valence-corrected chi connectivity index (χ4v) is 7.29. The van der Waals surface area contributed by atoms with Crippen molar-refractivity contribution in [2.45, 2.75) is 24.0 Å². The highest BCUT2D eigenvalue weighted by molar-refractivity contribution is 8.00. The highest BCUT2D eigenvalue weighted by atomic mass is 32.2. The zero-order chi connectivity index (χ0) is 36.5. The summed E-state index contributed by atoms with van der Waals surface area (Å²) in [6.07, 6.45) is 1.58. The Labute approximate surface area is 311 Å². The van der Waals surface area contributed by atoms with Crippen molar-refractivity contribution in [2.75, 3.05) is 17.7 Å². The number of rotatable bonds is 12. The molecule has 1 unspecified atom stereocenters. The molecule has 0 saturated heterocycles. The summed E-state index contributed by atoms with van der Waals surface area (Å²) in [6.45, 7) is 4.04. The largest absolute Gasteiger partial charge is 0.496 e. The number of aryl methyl sites for hydroxylation is 2. The molecule has 0 bridgehead atoms. The Morgan fingerprint density at radius 3 is 2.21 bits per heavy atom. The Hall–Kier alpha value is -5.97. The number of nitrogens with one attached hydrogen (secondary N) is 3. The van der Waals surface area contributed by atoms with E-state index in [1.165, 1.54) is 23.1 Å². The summed E-state index contributed by atoms with van der Waals surface area (Å²) in [4.78, 5) is 47.4. The molecule has 1 aromatic heterocycles. The second-order valence-corrected chi connectivity index (χ2v) is 14.2. The number of carbonyl (C=O) groups excluding carboxylic acids is 3. The number of thioether (sulfide) groups is 1. The monoisotopic (exact) mass is 724 g/mol. The average Bonchev–Trinajstić information content (AvgIpc) is 3.53. The van der Waals surface area contributed by atoms with Gasteiger partial charge in [0.05, 0.1) is 12.8 Å². The maximum atomic E-state index is 13.9. The van der Waals surface area contributed by atoms with Gasteiger partial charge in [0.2, 0.25) is 5.91 Å². The summed E-state index contributed by atoms with van der Waals surface area (Å²) in [5, 5.41) is 8.64. The van der Waals surface area contributed by atoms with E-state index >= 15 is 0 Å². The second-order valence-electron chi connectivity index (χ2n) is 11.8. The van der Waals surface area contributed by atoms with Crippen molar-refractivity contribution in [3.8, 4) is 17.0 Å². The zero-order valence-corrected chi connectivity index (χ0v) is 30.4. The second kappa shape index (κ2) is 16.8. The van der Waals surface area contributed by atoms with Gasteiger partial charge < -0.3 is 20.7 Å². The molecule has 8 nitrogen and oxygen atoms in total. The number of aromatic nitrogens is 1. The first-order chi connectivity index (χ1) is 25.3. The van der Waals surface area contributed by atoms with E-state index in [0.717, 1.165) is 32.2 Å². The third kappa shape index (κ3) is 9.03. The van der Waals surface area contributed by atoms with Crippen molar-refractivity contribution in [3.63, 3.8) is 0 Å². The molecule has 0 radical (unpaired) electrons. The third-order valence-electron chi connectivity index (χ3n) is 8.01. The Kier molecular flexibility index (Phi) is 11.6. The minimum atomic E-state index is -0.620. The van der Waals surface area contributed by atoms with E-state index in [1.54, 1.807) is 61.7 Å². The zero-order valence-electron chi connectivity index (χ0n) is 28.8. The van der Waals surface area contributed by atoms with E-state index in [2.05, 4.69) is 16.0 Å². The summed E-state index contributed by atoms with van der Waals surface area (Å²) < 4.78 is 5.48. The number of hydrogen-bond acceptors (Lipinski definition) is 7. The number of nitrogens with zero attached hydrogens (tertiary/aromatic N) is 1. The van der Waals surface area contributed by atoms with Crippen LogP contribution < -0.4 is 20.7 Å². The van der Waals surface area contributed by atoms with Gasteiger partial charge in [0.25, 0.3) is 11.8 Å². The number of carbonyl (C=O) groups is 3. The van der Waals surface area contributed by atoms with Crippen molar-refractivity contribution in [1.29, 1.82) is 0 Å². The molecule has 3 amide bonds. The van der Waals surface area contributed by atoms with Crippen LogP contribution in [-0.4, -0.2) is 29.8 Å². The maximum Gasteiger partial charge on any atom is 0.272 e. The number of anilines is 2. The fraction of sp³-hybridized carbons (Fsp3) is 0.0952.